The summed E-state index contributed by atoms with van der Waals surface area (Å²) in [4.78, 5) is 0. The van der Waals surface area contributed by atoms with E-state index >= 15 is 0 Å². The second-order valence-corrected chi connectivity index (χ2v) is 5.46. The molecule has 104 valence electrons. The third-order valence-corrected chi connectivity index (χ3v) is 4.07. The molecular weight excluding hydrogens is 277 g/mol. The van der Waals surface area contributed by atoms with Crippen LogP contribution in [0, 0.1) is 5.82 Å². The smallest absolute Gasteiger partial charge is 0.124 e. The van der Waals surface area contributed by atoms with Gasteiger partial charge in [0.2, 0.25) is 0 Å². The van der Waals surface area contributed by atoms with Crippen LogP contribution in [0.4, 0.5) is 10.1 Å². The number of halogens is 2. The van der Waals surface area contributed by atoms with E-state index in [2.05, 4.69) is 11.4 Å². The van der Waals surface area contributed by atoms with E-state index in [4.69, 9.17) is 11.6 Å². The fourth-order valence-corrected chi connectivity index (χ4v) is 2.94. The largest absolute Gasteiger partial charge is 0.386 e. The molecule has 20 heavy (non-hydrogen) atoms. The third-order valence-electron chi connectivity index (χ3n) is 3.75. The zero-order chi connectivity index (χ0) is 14.1. The van der Waals surface area contributed by atoms with Crippen molar-refractivity contribution in [2.45, 2.75) is 25.0 Å². The number of benzene rings is 2. The number of rotatable bonds is 2. The number of hydrogen-bond donors (Lipinski definition) is 2. The summed E-state index contributed by atoms with van der Waals surface area (Å²) in [7, 11) is 0. The molecule has 2 atom stereocenters. The Morgan fingerprint density at radius 1 is 1.25 bits per heavy atom. The van der Waals surface area contributed by atoms with Gasteiger partial charge in [-0.25, -0.2) is 4.39 Å². The minimum atomic E-state index is -0.753. The quantitative estimate of drug-likeness (QED) is 0.878. The molecule has 0 saturated carbocycles. The third kappa shape index (κ3) is 2.51. The van der Waals surface area contributed by atoms with E-state index in [9.17, 15) is 9.50 Å². The van der Waals surface area contributed by atoms with E-state index in [1.807, 2.05) is 18.2 Å². The topological polar surface area (TPSA) is 32.3 Å². The maximum absolute atomic E-state index is 13.1. The Hall–Kier alpha value is -1.58. The van der Waals surface area contributed by atoms with Gasteiger partial charge in [0.15, 0.2) is 0 Å². The van der Waals surface area contributed by atoms with Crippen LogP contribution in [-0.4, -0.2) is 11.1 Å². The van der Waals surface area contributed by atoms with Gasteiger partial charge in [-0.2, -0.15) is 0 Å². The normalized spacial score (nSPS) is 19.1. The predicted octanol–water partition coefficient (Wildman–Crippen LogP) is 3.94. The Labute approximate surface area is 122 Å². The molecule has 1 aliphatic rings. The fraction of sp³-hybridized carbons (Fsp3) is 0.250. The molecule has 0 aromatic heterocycles. The lowest BCUT2D eigenvalue weighted by Gasteiger charge is -2.31. The summed E-state index contributed by atoms with van der Waals surface area (Å²) in [5, 5.41) is 14.1. The van der Waals surface area contributed by atoms with Gasteiger partial charge in [0.1, 0.15) is 11.9 Å². The molecule has 2 aromatic carbocycles. The maximum atomic E-state index is 13.1. The first kappa shape index (κ1) is 13.4. The van der Waals surface area contributed by atoms with Gasteiger partial charge in [0.05, 0.1) is 6.04 Å². The highest BCUT2D eigenvalue weighted by Crippen LogP contribution is 2.33. The summed E-state index contributed by atoms with van der Waals surface area (Å²) in [6, 6.07) is 12.0. The summed E-state index contributed by atoms with van der Waals surface area (Å²) in [6.07, 6.45) is 0.965. The molecule has 0 aliphatic carbocycles. The number of nitrogens with one attached hydrogen (secondary N) is 1. The first-order valence-corrected chi connectivity index (χ1v) is 7.00. The number of aliphatic hydroxyl groups is 1. The van der Waals surface area contributed by atoms with Crippen LogP contribution in [0.2, 0.25) is 5.02 Å². The molecule has 2 unspecified atom stereocenters. The number of para-hydroxylation sites is 1. The zero-order valence-electron chi connectivity index (χ0n) is 10.8. The van der Waals surface area contributed by atoms with Crippen molar-refractivity contribution in [3.63, 3.8) is 0 Å². The average molecular weight is 292 g/mol. The Kier molecular flexibility index (Phi) is 3.64. The molecule has 2 aromatic rings. The standard InChI is InChI=1S/C16H15ClFNO/c17-13-9-11(18)6-7-12(13)16(20)15-8-5-10-3-1-2-4-14(10)19-15/h1-4,6-7,9,15-16,19-20H,5,8H2. The van der Waals surface area contributed by atoms with Gasteiger partial charge >= 0.3 is 0 Å². The molecule has 0 saturated heterocycles. The first-order valence-electron chi connectivity index (χ1n) is 6.62. The lowest BCUT2D eigenvalue weighted by molar-refractivity contribution is 0.149. The van der Waals surface area contributed by atoms with Gasteiger partial charge in [0.25, 0.3) is 0 Å². The molecule has 0 bridgehead atoms. The molecule has 0 amide bonds. The SMILES string of the molecule is OC(c1ccc(F)cc1Cl)C1CCc2ccccc2N1. The molecule has 2 N–H and O–H groups in total. The van der Waals surface area contributed by atoms with Gasteiger partial charge < -0.3 is 10.4 Å². The molecule has 2 nitrogen and oxygen atoms in total. The van der Waals surface area contributed by atoms with Crippen LogP contribution >= 0.6 is 11.6 Å². The molecular formula is C16H15ClFNO. The highest BCUT2D eigenvalue weighted by Gasteiger charge is 2.26. The van der Waals surface area contributed by atoms with Crippen molar-refractivity contribution >= 4 is 17.3 Å². The zero-order valence-corrected chi connectivity index (χ0v) is 11.6. The van der Waals surface area contributed by atoms with E-state index in [0.29, 0.717) is 5.56 Å². The van der Waals surface area contributed by atoms with Crippen LogP contribution in [0.15, 0.2) is 42.5 Å². The molecule has 0 spiro atoms. The van der Waals surface area contributed by atoms with Gasteiger partial charge in [0, 0.05) is 16.3 Å². The highest BCUT2D eigenvalue weighted by molar-refractivity contribution is 6.31. The van der Waals surface area contributed by atoms with E-state index < -0.39 is 11.9 Å². The summed E-state index contributed by atoms with van der Waals surface area (Å²) in [5.74, 6) is -0.395. The van der Waals surface area contributed by atoms with Gasteiger partial charge in [-0.3, -0.25) is 0 Å². The van der Waals surface area contributed by atoms with Crippen LogP contribution < -0.4 is 5.32 Å². The van der Waals surface area contributed by atoms with Crippen LogP contribution in [0.1, 0.15) is 23.7 Å². The van der Waals surface area contributed by atoms with Crippen molar-refractivity contribution in [3.05, 3.63) is 64.4 Å². The number of aliphatic hydroxyl groups excluding tert-OH is 1. The molecule has 0 radical (unpaired) electrons. The lowest BCUT2D eigenvalue weighted by atomic mass is 9.92. The second kappa shape index (κ2) is 5.43. The van der Waals surface area contributed by atoms with Gasteiger partial charge in [-0.15, -0.1) is 0 Å². The summed E-state index contributed by atoms with van der Waals surface area (Å²) >= 11 is 6.02. The summed E-state index contributed by atoms with van der Waals surface area (Å²) in [6.45, 7) is 0. The highest BCUT2D eigenvalue weighted by atomic mass is 35.5. The van der Waals surface area contributed by atoms with Crippen LogP contribution in [0.25, 0.3) is 0 Å². The van der Waals surface area contributed by atoms with Crippen molar-refractivity contribution in [3.8, 4) is 0 Å². The fourth-order valence-electron chi connectivity index (χ4n) is 2.66. The van der Waals surface area contributed by atoms with E-state index in [1.54, 1.807) is 6.07 Å². The van der Waals surface area contributed by atoms with Crippen LogP contribution in [0.5, 0.6) is 0 Å². The average Bonchev–Trinajstić information content (AvgIpc) is 2.46. The number of aryl methyl sites for hydroxylation is 1. The van der Waals surface area contributed by atoms with E-state index in [0.717, 1.165) is 18.5 Å². The molecule has 0 fully saturated rings. The van der Waals surface area contributed by atoms with E-state index in [-0.39, 0.29) is 11.1 Å². The monoisotopic (exact) mass is 291 g/mol. The molecule has 3 rings (SSSR count). The van der Waals surface area contributed by atoms with Crippen LogP contribution in [0.3, 0.4) is 0 Å². The van der Waals surface area contributed by atoms with Crippen LogP contribution in [-0.2, 0) is 6.42 Å². The van der Waals surface area contributed by atoms with E-state index in [1.165, 1.54) is 17.7 Å². The molecule has 4 heteroatoms. The number of hydrogen-bond acceptors (Lipinski definition) is 2. The van der Waals surface area contributed by atoms with Gasteiger partial charge in [-0.05, 0) is 36.6 Å². The first-order chi connectivity index (χ1) is 9.65. The van der Waals surface area contributed by atoms with Crippen molar-refractivity contribution < 1.29 is 9.50 Å². The lowest BCUT2D eigenvalue weighted by Crippen LogP contribution is -2.31. The second-order valence-electron chi connectivity index (χ2n) is 5.06. The van der Waals surface area contributed by atoms with Crippen molar-refractivity contribution in [2.75, 3.05) is 5.32 Å². The van der Waals surface area contributed by atoms with Crippen molar-refractivity contribution in [2.24, 2.45) is 0 Å². The predicted molar refractivity (Wildman–Crippen MR) is 78.5 cm³/mol. The Balaban J connectivity index is 1.84. The van der Waals surface area contributed by atoms with Gasteiger partial charge in [-0.1, -0.05) is 35.9 Å². The summed E-state index contributed by atoms with van der Waals surface area (Å²) < 4.78 is 13.1. The maximum Gasteiger partial charge on any atom is 0.124 e. The summed E-state index contributed by atoms with van der Waals surface area (Å²) in [5.41, 5.74) is 2.85. The van der Waals surface area contributed by atoms with Crippen molar-refractivity contribution in [1.29, 1.82) is 0 Å². The Morgan fingerprint density at radius 3 is 2.85 bits per heavy atom. The molecule has 1 aliphatic heterocycles. The number of fused-ring (bicyclic) bond motifs is 1. The minimum Gasteiger partial charge on any atom is -0.386 e. The number of anilines is 1. The minimum absolute atomic E-state index is 0.118. The Bertz CT molecular complexity index is 632. The molecule has 1 heterocycles. The van der Waals surface area contributed by atoms with Crippen molar-refractivity contribution in [1.82, 2.24) is 0 Å². The Morgan fingerprint density at radius 2 is 2.05 bits per heavy atom.